The van der Waals surface area contributed by atoms with Crippen LogP contribution in [0.15, 0.2) is 42.6 Å². The summed E-state index contributed by atoms with van der Waals surface area (Å²) in [4.78, 5) is 10.5. The van der Waals surface area contributed by atoms with Gasteiger partial charge in [-0.2, -0.15) is 0 Å². The summed E-state index contributed by atoms with van der Waals surface area (Å²) in [5.41, 5.74) is 4.46. The van der Waals surface area contributed by atoms with Crippen molar-refractivity contribution in [3.63, 3.8) is 0 Å². The van der Waals surface area contributed by atoms with Gasteiger partial charge in [0.05, 0.1) is 12.8 Å². The number of anilines is 2. The lowest BCUT2D eigenvalue weighted by Gasteiger charge is -2.37. The van der Waals surface area contributed by atoms with Gasteiger partial charge in [-0.3, -0.25) is 0 Å². The van der Waals surface area contributed by atoms with Crippen molar-refractivity contribution in [1.82, 2.24) is 9.88 Å². The largest absolute Gasteiger partial charge is 0.495 e. The minimum Gasteiger partial charge on any atom is -0.495 e. The minimum atomic E-state index is -0.122. The normalized spacial score (nSPS) is 18.7. The Labute approximate surface area is 183 Å². The Balaban J connectivity index is 1.33. The van der Waals surface area contributed by atoms with E-state index in [0.29, 0.717) is 5.92 Å². The molecule has 0 amide bonds. The first-order valence-electron chi connectivity index (χ1n) is 11.3. The van der Waals surface area contributed by atoms with E-state index in [9.17, 15) is 4.39 Å². The first-order valence-corrected chi connectivity index (χ1v) is 11.3. The molecule has 0 spiro atoms. The van der Waals surface area contributed by atoms with Crippen LogP contribution in [0.4, 0.5) is 15.8 Å². The van der Waals surface area contributed by atoms with Gasteiger partial charge in [-0.1, -0.05) is 6.07 Å². The van der Waals surface area contributed by atoms with Gasteiger partial charge in [0.25, 0.3) is 0 Å². The Morgan fingerprint density at radius 1 is 0.968 bits per heavy atom. The van der Waals surface area contributed by atoms with Crippen LogP contribution in [0.3, 0.4) is 0 Å². The average molecular weight is 423 g/mol. The number of likely N-dealkylation sites (N-methyl/N-ethyl adjacent to an activating group) is 1. The summed E-state index contributed by atoms with van der Waals surface area (Å²) in [6, 6.07) is 11.8. The van der Waals surface area contributed by atoms with Gasteiger partial charge in [0, 0.05) is 62.1 Å². The van der Waals surface area contributed by atoms with E-state index in [1.807, 2.05) is 12.3 Å². The molecule has 1 N–H and O–H groups in total. The predicted molar refractivity (Wildman–Crippen MR) is 125 cm³/mol. The molecule has 5 nitrogen and oxygen atoms in total. The van der Waals surface area contributed by atoms with Crippen molar-refractivity contribution in [2.75, 3.05) is 63.2 Å². The zero-order valence-electron chi connectivity index (χ0n) is 18.4. The third-order valence-corrected chi connectivity index (χ3v) is 6.99. The fraction of sp³-hybridized carbons (Fsp3) is 0.440. The number of piperazine rings is 1. The maximum atomic E-state index is 14.4. The summed E-state index contributed by atoms with van der Waals surface area (Å²) in [7, 11) is 3.93. The Kier molecular flexibility index (Phi) is 5.48. The van der Waals surface area contributed by atoms with Gasteiger partial charge in [-0.15, -0.1) is 0 Å². The summed E-state index contributed by atoms with van der Waals surface area (Å²) in [5, 5.41) is 0.766. The quantitative estimate of drug-likeness (QED) is 0.674. The fourth-order valence-electron chi connectivity index (χ4n) is 5.11. The average Bonchev–Trinajstić information content (AvgIpc) is 3.25. The molecule has 31 heavy (non-hydrogen) atoms. The molecule has 3 heterocycles. The molecule has 3 aromatic rings. The fourth-order valence-corrected chi connectivity index (χ4v) is 5.11. The highest BCUT2D eigenvalue weighted by Gasteiger charge is 2.25. The van der Waals surface area contributed by atoms with Crippen molar-refractivity contribution in [2.45, 2.75) is 18.8 Å². The second-order valence-corrected chi connectivity index (χ2v) is 8.81. The van der Waals surface area contributed by atoms with E-state index < -0.39 is 0 Å². The molecule has 2 fully saturated rings. The molecular weight excluding hydrogens is 391 g/mol. The minimum absolute atomic E-state index is 0.122. The molecule has 0 radical (unpaired) electrons. The van der Waals surface area contributed by atoms with Crippen molar-refractivity contribution in [1.29, 1.82) is 0 Å². The molecule has 164 valence electrons. The first kappa shape index (κ1) is 20.2. The van der Waals surface area contributed by atoms with Gasteiger partial charge >= 0.3 is 0 Å². The van der Waals surface area contributed by atoms with Crippen LogP contribution in [0.2, 0.25) is 0 Å². The van der Waals surface area contributed by atoms with Gasteiger partial charge in [-0.25, -0.2) is 4.39 Å². The van der Waals surface area contributed by atoms with Crippen molar-refractivity contribution >= 4 is 22.3 Å². The molecule has 0 atom stereocenters. The first-order chi connectivity index (χ1) is 15.1. The summed E-state index contributed by atoms with van der Waals surface area (Å²) in [5.74, 6) is 1.21. The molecule has 5 rings (SSSR count). The molecular formula is C25H31FN4O. The van der Waals surface area contributed by atoms with Crippen LogP contribution in [-0.2, 0) is 0 Å². The second kappa shape index (κ2) is 8.42. The lowest BCUT2D eigenvalue weighted by atomic mass is 9.89. The summed E-state index contributed by atoms with van der Waals surface area (Å²) in [6.07, 6.45) is 4.06. The Bertz CT molecular complexity index is 1050. The monoisotopic (exact) mass is 422 g/mol. The number of methoxy groups -OCH3 is 1. The third kappa shape index (κ3) is 3.85. The van der Waals surface area contributed by atoms with Crippen LogP contribution in [0.1, 0.15) is 24.3 Å². The van der Waals surface area contributed by atoms with Crippen LogP contribution in [0, 0.1) is 5.82 Å². The number of aromatic nitrogens is 1. The molecule has 0 saturated carbocycles. The van der Waals surface area contributed by atoms with Crippen molar-refractivity contribution in [3.05, 3.63) is 54.0 Å². The lowest BCUT2D eigenvalue weighted by molar-refractivity contribution is 0.311. The number of nitrogens with zero attached hydrogens (tertiary/aromatic N) is 3. The van der Waals surface area contributed by atoms with Crippen LogP contribution in [-0.4, -0.2) is 63.3 Å². The van der Waals surface area contributed by atoms with Crippen molar-refractivity contribution < 1.29 is 9.13 Å². The zero-order chi connectivity index (χ0) is 21.4. The molecule has 0 bridgehead atoms. The number of hydrogen-bond acceptors (Lipinski definition) is 4. The van der Waals surface area contributed by atoms with E-state index in [1.54, 1.807) is 19.2 Å². The number of benzene rings is 2. The van der Waals surface area contributed by atoms with Gasteiger partial charge in [0.2, 0.25) is 0 Å². The second-order valence-electron chi connectivity index (χ2n) is 8.81. The number of fused-ring (bicyclic) bond motifs is 1. The standard InChI is InChI=1S/C25H31FN4O/c1-28-12-14-30(15-13-28)23-16-19(6-7-24(23)31-2)29-10-8-18(9-11-29)20-17-27-22-5-3-4-21(26)25(20)22/h3-7,16-18,27H,8-15H2,1-2H3. The van der Waals surface area contributed by atoms with Crippen molar-refractivity contribution in [2.24, 2.45) is 0 Å². The number of hydrogen-bond donors (Lipinski definition) is 1. The third-order valence-electron chi connectivity index (χ3n) is 6.99. The summed E-state index contributed by atoms with van der Waals surface area (Å²) in [6.45, 7) is 6.12. The maximum absolute atomic E-state index is 14.4. The van der Waals surface area contributed by atoms with Crippen molar-refractivity contribution in [3.8, 4) is 5.75 Å². The summed E-state index contributed by atoms with van der Waals surface area (Å²) < 4.78 is 20.1. The number of nitrogens with one attached hydrogen (secondary N) is 1. The predicted octanol–water partition coefficient (Wildman–Crippen LogP) is 4.45. The molecule has 2 aromatic carbocycles. The Hall–Kier alpha value is -2.73. The number of H-pyrrole nitrogens is 1. The van der Waals surface area contributed by atoms with Crippen LogP contribution in [0.5, 0.6) is 5.75 Å². The van der Waals surface area contributed by atoms with E-state index >= 15 is 0 Å². The van der Waals surface area contributed by atoms with Crippen LogP contribution in [0.25, 0.3) is 10.9 Å². The highest BCUT2D eigenvalue weighted by atomic mass is 19.1. The number of piperidine rings is 1. The number of ether oxygens (including phenoxy) is 1. The van der Waals surface area contributed by atoms with Crippen LogP contribution >= 0.6 is 0 Å². The SMILES string of the molecule is COc1ccc(N2CCC(c3c[nH]c4cccc(F)c34)CC2)cc1N1CCN(C)CC1. The summed E-state index contributed by atoms with van der Waals surface area (Å²) >= 11 is 0. The van der Waals surface area contributed by atoms with E-state index in [-0.39, 0.29) is 5.82 Å². The topological polar surface area (TPSA) is 34.7 Å². The molecule has 6 heteroatoms. The van der Waals surface area contributed by atoms with Gasteiger partial charge < -0.3 is 24.4 Å². The van der Waals surface area contributed by atoms with E-state index in [4.69, 9.17) is 4.74 Å². The smallest absolute Gasteiger partial charge is 0.142 e. The Morgan fingerprint density at radius 2 is 1.74 bits per heavy atom. The molecule has 2 aliphatic rings. The van der Waals surface area contributed by atoms with Gasteiger partial charge in [0.15, 0.2) is 0 Å². The van der Waals surface area contributed by atoms with E-state index in [1.165, 1.54) is 11.4 Å². The van der Waals surface area contributed by atoms with E-state index in [2.05, 4.69) is 44.9 Å². The number of aromatic amines is 1. The van der Waals surface area contributed by atoms with Gasteiger partial charge in [-0.05, 0) is 61.7 Å². The molecule has 1 aromatic heterocycles. The van der Waals surface area contributed by atoms with Gasteiger partial charge in [0.1, 0.15) is 11.6 Å². The highest BCUT2D eigenvalue weighted by molar-refractivity contribution is 5.84. The molecule has 2 saturated heterocycles. The molecule has 2 aliphatic heterocycles. The maximum Gasteiger partial charge on any atom is 0.142 e. The Morgan fingerprint density at radius 3 is 2.48 bits per heavy atom. The molecule has 0 aliphatic carbocycles. The number of halogens is 1. The van der Waals surface area contributed by atoms with Crippen LogP contribution < -0.4 is 14.5 Å². The highest BCUT2D eigenvalue weighted by Crippen LogP contribution is 2.38. The van der Waals surface area contributed by atoms with E-state index in [0.717, 1.165) is 74.3 Å². The lowest BCUT2D eigenvalue weighted by Crippen LogP contribution is -2.44. The zero-order valence-corrected chi connectivity index (χ0v) is 18.4. The molecule has 0 unspecified atom stereocenters. The number of rotatable bonds is 4.